The van der Waals surface area contributed by atoms with Crippen LogP contribution in [0.2, 0.25) is 5.02 Å². The molecule has 0 saturated carbocycles. The summed E-state index contributed by atoms with van der Waals surface area (Å²) in [6.07, 6.45) is 2.30. The number of nitrogens with zero attached hydrogens (tertiary/aromatic N) is 3. The van der Waals surface area contributed by atoms with Crippen molar-refractivity contribution in [1.82, 2.24) is 14.0 Å². The molecule has 7 nitrogen and oxygen atoms in total. The Morgan fingerprint density at radius 2 is 1.84 bits per heavy atom. The molecule has 0 bridgehead atoms. The molecule has 4 aromatic rings. The predicted molar refractivity (Wildman–Crippen MR) is 119 cm³/mol. The van der Waals surface area contributed by atoms with E-state index in [-0.39, 0.29) is 32.3 Å². The third-order valence-corrected chi connectivity index (χ3v) is 7.44. The van der Waals surface area contributed by atoms with Crippen LogP contribution in [0.25, 0.3) is 16.7 Å². The van der Waals surface area contributed by atoms with Crippen molar-refractivity contribution < 1.29 is 8.42 Å². The highest BCUT2D eigenvalue weighted by Crippen LogP contribution is 2.24. The summed E-state index contributed by atoms with van der Waals surface area (Å²) in [6.45, 7) is 5.66. The Hall–Kier alpha value is -2.97. The normalized spacial score (nSPS) is 13.0. The minimum absolute atomic E-state index is 0.00477. The lowest BCUT2D eigenvalue weighted by Crippen LogP contribution is -2.31. The van der Waals surface area contributed by atoms with Crippen LogP contribution in [0, 0.1) is 12.3 Å². The van der Waals surface area contributed by atoms with E-state index >= 15 is 0 Å². The molecule has 1 aromatic carbocycles. The van der Waals surface area contributed by atoms with Gasteiger partial charge in [-0.05, 0) is 62.2 Å². The minimum Gasteiger partial charge on any atom is -0.307 e. The molecule has 0 spiro atoms. The number of hydrogen-bond donors (Lipinski definition) is 1. The van der Waals surface area contributed by atoms with Crippen LogP contribution >= 0.6 is 11.6 Å². The Kier molecular flexibility index (Phi) is 5.23. The van der Waals surface area contributed by atoms with Crippen LogP contribution in [0.1, 0.15) is 31.9 Å². The van der Waals surface area contributed by atoms with Gasteiger partial charge in [-0.2, -0.15) is 0 Å². The van der Waals surface area contributed by atoms with Gasteiger partial charge in [0.05, 0.1) is 10.3 Å². The monoisotopic (exact) mass is 456 g/mol. The maximum Gasteiger partial charge on any atom is 0.267 e. The zero-order valence-electron chi connectivity index (χ0n) is 17.3. The molecular weight excluding hydrogens is 436 g/mol. The number of rotatable bonds is 4. The fourth-order valence-electron chi connectivity index (χ4n) is 3.54. The highest BCUT2D eigenvalue weighted by molar-refractivity contribution is 7.91. The molecule has 0 saturated heterocycles. The van der Waals surface area contributed by atoms with Gasteiger partial charge in [0, 0.05) is 17.3 Å². The molecule has 0 amide bonds. The van der Waals surface area contributed by atoms with Gasteiger partial charge in [0.25, 0.3) is 5.56 Å². The van der Waals surface area contributed by atoms with Gasteiger partial charge >= 0.3 is 0 Å². The number of sulfone groups is 1. The molecule has 3 heterocycles. The Morgan fingerprint density at radius 3 is 2.48 bits per heavy atom. The van der Waals surface area contributed by atoms with Crippen LogP contribution in [0.5, 0.6) is 0 Å². The predicted octanol–water partition coefficient (Wildman–Crippen LogP) is 3.89. The first kappa shape index (κ1) is 21.3. The Balaban J connectivity index is 2.17. The topological polar surface area (TPSA) is 97.3 Å². The number of hydrogen-bond acceptors (Lipinski definition) is 5. The smallest absolute Gasteiger partial charge is 0.267 e. The van der Waals surface area contributed by atoms with Crippen molar-refractivity contribution in [1.29, 1.82) is 5.41 Å². The molecule has 31 heavy (non-hydrogen) atoms. The number of aromatic nitrogens is 3. The summed E-state index contributed by atoms with van der Waals surface area (Å²) >= 11 is 5.90. The van der Waals surface area contributed by atoms with Crippen LogP contribution in [0.4, 0.5) is 0 Å². The molecule has 0 aliphatic rings. The van der Waals surface area contributed by atoms with E-state index in [0.717, 1.165) is 5.56 Å². The van der Waals surface area contributed by atoms with E-state index in [1.54, 1.807) is 12.3 Å². The number of benzene rings is 1. The molecule has 9 heteroatoms. The third kappa shape index (κ3) is 3.45. The van der Waals surface area contributed by atoms with Crippen molar-refractivity contribution in [3.63, 3.8) is 0 Å². The van der Waals surface area contributed by atoms with E-state index in [0.29, 0.717) is 22.7 Å². The SMILES string of the molecule is CC[C@H](C)n1c(=N)c(S(=O)(=O)c2ccc(Cl)cc2)cc2c(=O)n3cc(C)ccc3nc21. The number of nitrogens with one attached hydrogen (secondary N) is 1. The van der Waals surface area contributed by atoms with Crippen molar-refractivity contribution in [2.45, 2.75) is 43.0 Å². The lowest BCUT2D eigenvalue weighted by Gasteiger charge is -2.19. The van der Waals surface area contributed by atoms with Gasteiger partial charge in [0.2, 0.25) is 9.84 Å². The van der Waals surface area contributed by atoms with Crippen LogP contribution in [-0.2, 0) is 9.84 Å². The Bertz CT molecular complexity index is 1550. The van der Waals surface area contributed by atoms with Crippen molar-refractivity contribution in [3.05, 3.63) is 75.1 Å². The van der Waals surface area contributed by atoms with Gasteiger partial charge in [-0.15, -0.1) is 0 Å². The molecule has 0 radical (unpaired) electrons. The molecule has 0 aliphatic carbocycles. The first-order valence-corrected chi connectivity index (χ1v) is 11.6. The quantitative estimate of drug-likeness (QED) is 0.471. The summed E-state index contributed by atoms with van der Waals surface area (Å²) in [7, 11) is -4.06. The van der Waals surface area contributed by atoms with E-state index in [9.17, 15) is 13.2 Å². The molecule has 160 valence electrons. The zero-order valence-corrected chi connectivity index (χ0v) is 18.8. The number of pyridine rings is 2. The summed E-state index contributed by atoms with van der Waals surface area (Å²) < 4.78 is 29.7. The largest absolute Gasteiger partial charge is 0.307 e. The molecule has 0 fully saturated rings. The molecule has 1 N–H and O–H groups in total. The number of aryl methyl sites for hydroxylation is 1. The van der Waals surface area contributed by atoms with Crippen LogP contribution in [-0.4, -0.2) is 22.4 Å². The fraction of sp³-hybridized carbons (Fsp3) is 0.227. The van der Waals surface area contributed by atoms with Crippen LogP contribution < -0.4 is 11.0 Å². The summed E-state index contributed by atoms with van der Waals surface area (Å²) in [4.78, 5) is 17.7. The summed E-state index contributed by atoms with van der Waals surface area (Å²) in [5.74, 6) is 0. The average Bonchev–Trinajstić information content (AvgIpc) is 2.74. The van der Waals surface area contributed by atoms with Crippen molar-refractivity contribution in [2.24, 2.45) is 0 Å². The van der Waals surface area contributed by atoms with Gasteiger partial charge in [0.15, 0.2) is 0 Å². The van der Waals surface area contributed by atoms with E-state index in [1.807, 2.05) is 26.8 Å². The van der Waals surface area contributed by atoms with Gasteiger partial charge < -0.3 is 4.57 Å². The highest BCUT2D eigenvalue weighted by atomic mass is 35.5. The standard InChI is InChI=1S/C22H21ClN4O3S/c1-4-14(3)27-20(24)18(31(29,30)16-8-6-15(23)7-9-16)11-17-21(27)25-19-10-5-13(2)12-26(19)22(17)28/h5-12,14,24H,4H2,1-3H3/t14-/m0/s1. The van der Waals surface area contributed by atoms with Gasteiger partial charge in [-0.1, -0.05) is 24.6 Å². The molecule has 0 aliphatic heterocycles. The third-order valence-electron chi connectivity index (χ3n) is 5.41. The zero-order chi connectivity index (χ0) is 22.5. The second-order valence-corrected chi connectivity index (χ2v) is 9.89. The first-order valence-electron chi connectivity index (χ1n) is 9.78. The van der Waals surface area contributed by atoms with Gasteiger partial charge in [-0.3, -0.25) is 14.6 Å². The average molecular weight is 457 g/mol. The molecular formula is C22H21ClN4O3S. The summed E-state index contributed by atoms with van der Waals surface area (Å²) in [5.41, 5.74) is 1.02. The molecule has 4 rings (SSSR count). The molecule has 0 unspecified atom stereocenters. The maximum absolute atomic E-state index is 13.4. The van der Waals surface area contributed by atoms with Crippen molar-refractivity contribution >= 4 is 38.1 Å². The van der Waals surface area contributed by atoms with Crippen LogP contribution in [0.3, 0.4) is 0 Å². The van der Waals surface area contributed by atoms with E-state index < -0.39 is 9.84 Å². The van der Waals surface area contributed by atoms with Gasteiger partial charge in [-0.25, -0.2) is 13.4 Å². The number of fused-ring (bicyclic) bond motifs is 2. The van der Waals surface area contributed by atoms with E-state index in [1.165, 1.54) is 39.3 Å². The minimum atomic E-state index is -4.06. The van der Waals surface area contributed by atoms with E-state index in [4.69, 9.17) is 17.0 Å². The lowest BCUT2D eigenvalue weighted by molar-refractivity contribution is 0.508. The Labute approximate surface area is 184 Å². The molecule has 3 aromatic heterocycles. The second-order valence-electron chi connectivity index (χ2n) is 7.53. The van der Waals surface area contributed by atoms with Gasteiger partial charge in [0.1, 0.15) is 21.7 Å². The van der Waals surface area contributed by atoms with Crippen LogP contribution in [0.15, 0.2) is 63.2 Å². The fourth-order valence-corrected chi connectivity index (χ4v) is 5.04. The van der Waals surface area contributed by atoms with Crippen molar-refractivity contribution in [2.75, 3.05) is 0 Å². The molecule has 1 atom stereocenters. The van der Waals surface area contributed by atoms with E-state index in [2.05, 4.69) is 4.98 Å². The summed E-state index contributed by atoms with van der Waals surface area (Å²) in [6, 6.07) is 10.4. The number of halogens is 1. The second kappa shape index (κ2) is 7.62. The highest BCUT2D eigenvalue weighted by Gasteiger charge is 2.25. The van der Waals surface area contributed by atoms with Crippen molar-refractivity contribution in [3.8, 4) is 0 Å². The lowest BCUT2D eigenvalue weighted by atomic mass is 10.2. The Morgan fingerprint density at radius 1 is 1.16 bits per heavy atom. The summed E-state index contributed by atoms with van der Waals surface area (Å²) in [5, 5.41) is 9.28. The first-order chi connectivity index (χ1) is 14.6. The maximum atomic E-state index is 13.4.